The van der Waals surface area contributed by atoms with Gasteiger partial charge in [0, 0.05) is 5.56 Å². The fourth-order valence-corrected chi connectivity index (χ4v) is 2.05. The summed E-state index contributed by atoms with van der Waals surface area (Å²) >= 11 is 0. The molecular weight excluding hydrogens is 266 g/mol. The SMILES string of the molecule is CC(C)CC(Nc1cncc(-c2ccccc2)n1)C(=O)O. The molecule has 0 amide bonds. The summed E-state index contributed by atoms with van der Waals surface area (Å²) in [7, 11) is 0. The molecule has 1 aromatic heterocycles. The van der Waals surface area contributed by atoms with Crippen LogP contribution in [-0.4, -0.2) is 27.1 Å². The topological polar surface area (TPSA) is 75.1 Å². The number of hydrogen-bond acceptors (Lipinski definition) is 4. The minimum Gasteiger partial charge on any atom is -0.480 e. The largest absolute Gasteiger partial charge is 0.480 e. The van der Waals surface area contributed by atoms with E-state index >= 15 is 0 Å². The fourth-order valence-electron chi connectivity index (χ4n) is 2.05. The highest BCUT2D eigenvalue weighted by Gasteiger charge is 2.19. The van der Waals surface area contributed by atoms with Crippen LogP contribution in [0.2, 0.25) is 0 Å². The standard InChI is InChI=1S/C16H19N3O2/c1-11(2)8-13(16(20)21)18-15-10-17-9-14(19-15)12-6-4-3-5-7-12/h3-7,9-11,13H,8H2,1-2H3,(H,18,19)(H,20,21). The van der Waals surface area contributed by atoms with Gasteiger partial charge in [-0.05, 0) is 12.3 Å². The van der Waals surface area contributed by atoms with Crippen LogP contribution in [-0.2, 0) is 4.79 Å². The summed E-state index contributed by atoms with van der Waals surface area (Å²) in [6.07, 6.45) is 3.74. The average molecular weight is 285 g/mol. The van der Waals surface area contributed by atoms with Crippen molar-refractivity contribution in [3.8, 4) is 11.3 Å². The second-order valence-electron chi connectivity index (χ2n) is 5.32. The van der Waals surface area contributed by atoms with Crippen LogP contribution in [0.3, 0.4) is 0 Å². The Morgan fingerprint density at radius 1 is 1.24 bits per heavy atom. The summed E-state index contributed by atoms with van der Waals surface area (Å²) in [6, 6.07) is 9.01. The Labute approximate surface area is 124 Å². The third-order valence-electron chi connectivity index (χ3n) is 3.03. The number of aromatic nitrogens is 2. The van der Waals surface area contributed by atoms with Gasteiger partial charge in [0.2, 0.25) is 0 Å². The Morgan fingerprint density at radius 3 is 2.57 bits per heavy atom. The number of benzene rings is 1. The predicted octanol–water partition coefficient (Wildman–Crippen LogP) is 3.05. The van der Waals surface area contributed by atoms with Gasteiger partial charge in [-0.1, -0.05) is 44.2 Å². The van der Waals surface area contributed by atoms with Crippen LogP contribution in [0.25, 0.3) is 11.3 Å². The first-order valence-corrected chi connectivity index (χ1v) is 6.93. The summed E-state index contributed by atoms with van der Waals surface area (Å²) in [6.45, 7) is 3.98. The average Bonchev–Trinajstić information content (AvgIpc) is 2.47. The van der Waals surface area contributed by atoms with E-state index in [1.165, 1.54) is 0 Å². The lowest BCUT2D eigenvalue weighted by molar-refractivity contribution is -0.138. The molecule has 0 aliphatic carbocycles. The number of rotatable bonds is 6. The van der Waals surface area contributed by atoms with Gasteiger partial charge >= 0.3 is 5.97 Å². The van der Waals surface area contributed by atoms with E-state index in [1.54, 1.807) is 12.4 Å². The van der Waals surface area contributed by atoms with Gasteiger partial charge < -0.3 is 10.4 Å². The maximum absolute atomic E-state index is 11.3. The molecule has 0 bridgehead atoms. The van der Waals surface area contributed by atoms with Crippen molar-refractivity contribution in [1.29, 1.82) is 0 Å². The zero-order chi connectivity index (χ0) is 15.2. The molecule has 1 atom stereocenters. The van der Waals surface area contributed by atoms with E-state index in [9.17, 15) is 9.90 Å². The van der Waals surface area contributed by atoms with Crippen LogP contribution in [0.15, 0.2) is 42.7 Å². The molecule has 2 N–H and O–H groups in total. The molecule has 1 heterocycles. The van der Waals surface area contributed by atoms with Crippen molar-refractivity contribution >= 4 is 11.8 Å². The summed E-state index contributed by atoms with van der Waals surface area (Å²) in [4.78, 5) is 19.9. The first-order valence-electron chi connectivity index (χ1n) is 6.93. The molecule has 2 aromatic rings. The van der Waals surface area contributed by atoms with Crippen LogP contribution in [0.4, 0.5) is 5.82 Å². The van der Waals surface area contributed by atoms with E-state index in [0.717, 1.165) is 5.56 Å². The number of carboxylic acid groups (broad SMARTS) is 1. The fraction of sp³-hybridized carbons (Fsp3) is 0.312. The summed E-state index contributed by atoms with van der Waals surface area (Å²) in [5.41, 5.74) is 1.67. The van der Waals surface area contributed by atoms with Crippen molar-refractivity contribution in [2.24, 2.45) is 5.92 Å². The zero-order valence-electron chi connectivity index (χ0n) is 12.2. The second kappa shape index (κ2) is 6.83. The lowest BCUT2D eigenvalue weighted by Gasteiger charge is -2.17. The van der Waals surface area contributed by atoms with E-state index in [2.05, 4.69) is 15.3 Å². The number of hydrogen-bond donors (Lipinski definition) is 2. The summed E-state index contributed by atoms with van der Waals surface area (Å²) in [5.74, 6) is -0.121. The number of anilines is 1. The number of aliphatic carboxylic acids is 1. The molecule has 110 valence electrons. The molecule has 1 aromatic carbocycles. The molecule has 0 radical (unpaired) electrons. The van der Waals surface area contributed by atoms with Crippen LogP contribution in [0, 0.1) is 5.92 Å². The van der Waals surface area contributed by atoms with Crippen LogP contribution in [0.5, 0.6) is 0 Å². The van der Waals surface area contributed by atoms with Crippen molar-refractivity contribution in [2.75, 3.05) is 5.32 Å². The van der Waals surface area contributed by atoms with Crippen molar-refractivity contribution < 1.29 is 9.90 Å². The molecule has 21 heavy (non-hydrogen) atoms. The van der Waals surface area contributed by atoms with Gasteiger partial charge in [0.15, 0.2) is 0 Å². The third kappa shape index (κ3) is 4.27. The molecular formula is C16H19N3O2. The highest BCUT2D eigenvalue weighted by molar-refractivity contribution is 5.77. The monoisotopic (exact) mass is 285 g/mol. The molecule has 2 rings (SSSR count). The van der Waals surface area contributed by atoms with Gasteiger partial charge in [0.05, 0.1) is 18.1 Å². The Kier molecular flexibility index (Phi) is 4.87. The molecule has 0 fully saturated rings. The molecule has 0 spiro atoms. The Balaban J connectivity index is 2.19. The summed E-state index contributed by atoms with van der Waals surface area (Å²) in [5, 5.41) is 12.2. The van der Waals surface area contributed by atoms with E-state index < -0.39 is 12.0 Å². The predicted molar refractivity (Wildman–Crippen MR) is 82.0 cm³/mol. The normalized spacial score (nSPS) is 12.1. The van der Waals surface area contributed by atoms with E-state index in [4.69, 9.17) is 0 Å². The minimum atomic E-state index is -0.879. The first-order chi connectivity index (χ1) is 10.1. The lowest BCUT2D eigenvalue weighted by atomic mass is 10.0. The van der Waals surface area contributed by atoms with Crippen molar-refractivity contribution in [3.63, 3.8) is 0 Å². The van der Waals surface area contributed by atoms with Gasteiger partial charge in [-0.2, -0.15) is 0 Å². The van der Waals surface area contributed by atoms with Crippen molar-refractivity contribution in [3.05, 3.63) is 42.7 Å². The van der Waals surface area contributed by atoms with Crippen LogP contribution < -0.4 is 5.32 Å². The highest BCUT2D eigenvalue weighted by Crippen LogP contribution is 2.18. The Bertz CT molecular complexity index is 599. The van der Waals surface area contributed by atoms with Crippen LogP contribution in [0.1, 0.15) is 20.3 Å². The molecule has 5 heteroatoms. The molecule has 0 saturated heterocycles. The number of nitrogens with zero attached hydrogens (tertiary/aromatic N) is 2. The van der Waals surface area contributed by atoms with Crippen molar-refractivity contribution in [1.82, 2.24) is 9.97 Å². The number of carboxylic acids is 1. The first kappa shape index (κ1) is 15.0. The number of nitrogens with one attached hydrogen (secondary N) is 1. The number of carbonyl (C=O) groups is 1. The maximum atomic E-state index is 11.3. The van der Waals surface area contributed by atoms with Crippen molar-refractivity contribution in [2.45, 2.75) is 26.3 Å². The maximum Gasteiger partial charge on any atom is 0.326 e. The van der Waals surface area contributed by atoms with Gasteiger partial charge in [-0.15, -0.1) is 0 Å². The van der Waals surface area contributed by atoms with Gasteiger partial charge in [0.25, 0.3) is 0 Å². The second-order valence-corrected chi connectivity index (χ2v) is 5.32. The molecule has 0 aliphatic rings. The Morgan fingerprint density at radius 2 is 1.95 bits per heavy atom. The van der Waals surface area contributed by atoms with Gasteiger partial charge in [-0.3, -0.25) is 4.98 Å². The molecule has 0 saturated carbocycles. The third-order valence-corrected chi connectivity index (χ3v) is 3.03. The van der Waals surface area contributed by atoms with E-state index in [-0.39, 0.29) is 5.92 Å². The van der Waals surface area contributed by atoms with E-state index in [1.807, 2.05) is 44.2 Å². The van der Waals surface area contributed by atoms with Gasteiger partial charge in [-0.25, -0.2) is 9.78 Å². The lowest BCUT2D eigenvalue weighted by Crippen LogP contribution is -2.31. The molecule has 0 aliphatic heterocycles. The zero-order valence-corrected chi connectivity index (χ0v) is 12.2. The van der Waals surface area contributed by atoms with E-state index in [0.29, 0.717) is 17.9 Å². The smallest absolute Gasteiger partial charge is 0.326 e. The molecule has 1 unspecified atom stereocenters. The highest BCUT2D eigenvalue weighted by atomic mass is 16.4. The minimum absolute atomic E-state index is 0.281. The van der Waals surface area contributed by atoms with Crippen LogP contribution >= 0.6 is 0 Å². The Hall–Kier alpha value is -2.43. The van der Waals surface area contributed by atoms with Gasteiger partial charge in [0.1, 0.15) is 11.9 Å². The summed E-state index contributed by atoms with van der Waals surface area (Å²) < 4.78 is 0. The quantitative estimate of drug-likeness (QED) is 0.853. The molecule has 5 nitrogen and oxygen atoms in total.